The monoisotopic (exact) mass is 955 g/mol. The van der Waals surface area contributed by atoms with Gasteiger partial charge in [0.25, 0.3) is 0 Å². The van der Waals surface area contributed by atoms with Gasteiger partial charge in [-0.1, -0.05) is 158 Å². The van der Waals surface area contributed by atoms with Crippen molar-refractivity contribution in [3.8, 4) is 39.4 Å². The van der Waals surface area contributed by atoms with Gasteiger partial charge in [-0.2, -0.15) is 0 Å². The maximum absolute atomic E-state index is 11.7. The molecule has 6 aromatic carbocycles. The Hall–Kier alpha value is -5.31. The minimum absolute atomic E-state index is 0. The molecule has 0 radical (unpaired) electrons. The fourth-order valence-corrected chi connectivity index (χ4v) is 8.28. The second-order valence-electron chi connectivity index (χ2n) is 18.9. The van der Waals surface area contributed by atoms with Crippen molar-refractivity contribution in [1.82, 2.24) is 14.5 Å². The Balaban J connectivity index is 0.00000528. The summed E-state index contributed by atoms with van der Waals surface area (Å²) in [7, 11) is 0. The predicted octanol–water partition coefficient (Wildman–Crippen LogP) is 13.8. The van der Waals surface area contributed by atoms with E-state index >= 15 is 0 Å². The number of benzene rings is 6. The summed E-state index contributed by atoms with van der Waals surface area (Å²) < 4.78 is 2.35. The number of pyridine rings is 1. The van der Waals surface area contributed by atoms with Crippen LogP contribution in [-0.4, -0.2) is 19.6 Å². The summed E-state index contributed by atoms with van der Waals surface area (Å²) in [5, 5.41) is 12.8. The second-order valence-corrected chi connectivity index (χ2v) is 18.9. The van der Waals surface area contributed by atoms with Gasteiger partial charge in [-0.15, -0.1) is 35.4 Å². The van der Waals surface area contributed by atoms with Gasteiger partial charge >= 0.3 is 0 Å². The van der Waals surface area contributed by atoms with E-state index in [-0.39, 0.29) is 43.1 Å². The van der Waals surface area contributed by atoms with Crippen LogP contribution in [0.15, 0.2) is 140 Å². The number of nitrogens with zero attached hydrogens (tertiary/aromatic N) is 3. The summed E-state index contributed by atoms with van der Waals surface area (Å²) >= 11 is 0. The van der Waals surface area contributed by atoms with Crippen LogP contribution in [0.1, 0.15) is 97.1 Å². The first-order valence-electron chi connectivity index (χ1n) is 20.4. The Labute approximate surface area is 364 Å². The quantitative estimate of drug-likeness (QED) is 0.162. The summed E-state index contributed by atoms with van der Waals surface area (Å²) in [6.07, 6.45) is 1.87. The molecule has 0 aliphatic heterocycles. The number of hydrogen-bond donors (Lipinski definition) is 1. The van der Waals surface area contributed by atoms with Crippen LogP contribution in [-0.2, 0) is 42.8 Å². The Morgan fingerprint density at radius 2 is 1.08 bits per heavy atom. The number of phenolic OH excluding ortho intramolecular Hbond substituents is 1. The van der Waals surface area contributed by atoms with Crippen molar-refractivity contribution in [3.63, 3.8) is 0 Å². The molecule has 0 bridgehead atoms. The molecule has 5 heteroatoms. The third kappa shape index (κ3) is 7.69. The van der Waals surface area contributed by atoms with E-state index in [0.717, 1.165) is 60.9 Å². The van der Waals surface area contributed by atoms with Crippen molar-refractivity contribution in [2.75, 3.05) is 0 Å². The van der Waals surface area contributed by atoms with E-state index in [1.54, 1.807) is 0 Å². The molecule has 0 spiro atoms. The largest absolute Gasteiger partial charge is 0.507 e. The van der Waals surface area contributed by atoms with E-state index in [9.17, 15) is 5.11 Å². The van der Waals surface area contributed by atoms with Gasteiger partial charge < -0.3 is 9.67 Å². The topological polar surface area (TPSA) is 50.9 Å². The fourth-order valence-electron chi connectivity index (χ4n) is 8.28. The predicted molar refractivity (Wildman–Crippen MR) is 243 cm³/mol. The maximum Gasteiger partial charge on any atom is 0.144 e. The van der Waals surface area contributed by atoms with Crippen LogP contribution in [0, 0.1) is 6.07 Å². The Morgan fingerprint density at radius 3 is 1.71 bits per heavy atom. The normalized spacial score (nSPS) is 12.5. The number of imidazole rings is 1. The van der Waals surface area contributed by atoms with Gasteiger partial charge in [-0.25, -0.2) is 4.98 Å². The summed E-state index contributed by atoms with van der Waals surface area (Å²) in [6.45, 7) is 22.5. The molecule has 0 aliphatic rings. The van der Waals surface area contributed by atoms with Gasteiger partial charge in [0, 0.05) is 38.2 Å². The molecule has 0 saturated heterocycles. The molecule has 59 heavy (non-hydrogen) atoms. The second kappa shape index (κ2) is 15.4. The van der Waals surface area contributed by atoms with Gasteiger partial charge in [0.15, 0.2) is 0 Å². The number of aromatic hydroxyl groups is 1. The van der Waals surface area contributed by atoms with E-state index < -0.39 is 5.54 Å². The first-order valence-corrected chi connectivity index (χ1v) is 20.4. The standard InChI is InChI=1S/C54H54N3O.Pt/c1-51(2,3)40-26-27-47(58)45(31-40)50-56-49-44(36-20-17-19-35(29-36)43-32-41(52(4,5)6)30-37-21-18-28-55-48(37)43)33-42(53(7,8)38-22-13-11-14-23-38)34-46(49)57(50)54(9,10)39-24-15-12-16-25-39;/h11-28,30-34,58H,1-10H3;/q-1;. The number of phenols is 1. The molecule has 0 fully saturated rings. The molecule has 1 N–H and O–H groups in total. The molecular weight excluding hydrogens is 902 g/mol. The number of fused-ring (bicyclic) bond motifs is 2. The molecule has 0 atom stereocenters. The van der Waals surface area contributed by atoms with E-state index in [0.29, 0.717) is 11.4 Å². The van der Waals surface area contributed by atoms with Gasteiger partial charge in [-0.05, 0) is 82.1 Å². The van der Waals surface area contributed by atoms with Crippen molar-refractivity contribution in [2.24, 2.45) is 0 Å². The van der Waals surface area contributed by atoms with Crippen LogP contribution in [0.3, 0.4) is 0 Å². The first-order chi connectivity index (χ1) is 27.4. The van der Waals surface area contributed by atoms with Crippen molar-refractivity contribution in [2.45, 2.75) is 91.0 Å². The van der Waals surface area contributed by atoms with Crippen LogP contribution >= 0.6 is 0 Å². The summed E-state index contributed by atoms with van der Waals surface area (Å²) in [5.41, 5.74) is 12.3. The Bertz CT molecular complexity index is 2800. The molecule has 0 amide bonds. The summed E-state index contributed by atoms with van der Waals surface area (Å²) in [6, 6.07) is 51.0. The molecule has 4 nitrogen and oxygen atoms in total. The van der Waals surface area contributed by atoms with Crippen molar-refractivity contribution in [3.05, 3.63) is 174 Å². The molecule has 0 unspecified atom stereocenters. The zero-order chi connectivity index (χ0) is 41.2. The smallest absolute Gasteiger partial charge is 0.144 e. The fraction of sp³-hybridized carbons (Fsp3) is 0.259. The molecular formula is C54H54N3OPt-. The van der Waals surface area contributed by atoms with Crippen LogP contribution < -0.4 is 0 Å². The average Bonchev–Trinajstić information content (AvgIpc) is 3.60. The molecule has 2 heterocycles. The van der Waals surface area contributed by atoms with Crippen LogP contribution in [0.5, 0.6) is 5.75 Å². The third-order valence-corrected chi connectivity index (χ3v) is 12.1. The molecule has 8 rings (SSSR count). The maximum atomic E-state index is 11.7. The zero-order valence-corrected chi connectivity index (χ0v) is 38.2. The SMILES string of the molecule is CC(C)(C)c1ccc(O)c(-c2nc3c(-c4[c-]c(-c5cc(C(C)(C)C)cc6cccnc56)ccc4)cc(C(C)(C)c4ccccc4)cc3n2C(C)(C)c2ccccc2)c1.[Pt]. The van der Waals surface area contributed by atoms with Gasteiger partial charge in [0.05, 0.1) is 22.1 Å². The van der Waals surface area contributed by atoms with Crippen LogP contribution in [0.25, 0.3) is 55.6 Å². The van der Waals surface area contributed by atoms with E-state index in [2.05, 4.69) is 195 Å². The number of hydrogen-bond acceptors (Lipinski definition) is 3. The van der Waals surface area contributed by atoms with Gasteiger partial charge in [0.1, 0.15) is 11.6 Å². The molecule has 0 saturated carbocycles. The van der Waals surface area contributed by atoms with Crippen molar-refractivity contribution in [1.29, 1.82) is 0 Å². The third-order valence-electron chi connectivity index (χ3n) is 12.1. The molecule has 2 aromatic heterocycles. The molecule has 0 aliphatic carbocycles. The first kappa shape index (κ1) is 41.8. The number of aromatic nitrogens is 3. The van der Waals surface area contributed by atoms with Crippen LogP contribution in [0.2, 0.25) is 0 Å². The van der Waals surface area contributed by atoms with Crippen LogP contribution in [0.4, 0.5) is 0 Å². The summed E-state index contributed by atoms with van der Waals surface area (Å²) in [5.74, 6) is 0.916. The van der Waals surface area contributed by atoms with E-state index in [1.807, 2.05) is 24.4 Å². The van der Waals surface area contributed by atoms with Gasteiger partial charge in [-0.3, -0.25) is 4.98 Å². The number of rotatable bonds is 7. The van der Waals surface area contributed by atoms with Gasteiger partial charge in [0.2, 0.25) is 0 Å². The minimum atomic E-state index is -0.564. The Morgan fingerprint density at radius 1 is 0.508 bits per heavy atom. The molecule has 8 aromatic rings. The van der Waals surface area contributed by atoms with E-state index in [1.165, 1.54) is 11.1 Å². The van der Waals surface area contributed by atoms with Crippen molar-refractivity contribution < 1.29 is 26.2 Å². The van der Waals surface area contributed by atoms with E-state index in [4.69, 9.17) is 9.97 Å². The Kier molecular flexibility index (Phi) is 10.9. The minimum Gasteiger partial charge on any atom is -0.507 e. The summed E-state index contributed by atoms with van der Waals surface area (Å²) in [4.78, 5) is 10.5. The average molecular weight is 956 g/mol. The molecule has 302 valence electrons. The zero-order valence-electron chi connectivity index (χ0n) is 35.9. The van der Waals surface area contributed by atoms with Crippen molar-refractivity contribution >= 4 is 21.9 Å².